The lowest BCUT2D eigenvalue weighted by Crippen LogP contribution is -2.19. The summed E-state index contributed by atoms with van der Waals surface area (Å²) in [6.07, 6.45) is -0.645. The first kappa shape index (κ1) is 16.2. The highest BCUT2D eigenvalue weighted by atomic mass is 35.5. The molecule has 0 aliphatic carbocycles. The van der Waals surface area contributed by atoms with E-state index in [4.69, 9.17) is 16.0 Å². The molecule has 0 aliphatic heterocycles. The second kappa shape index (κ2) is 6.70. The average molecular weight is 330 g/mol. The Balaban J connectivity index is 2.04. The Bertz CT molecular complexity index is 679. The third-order valence-corrected chi connectivity index (χ3v) is 3.10. The molecule has 2 aromatic rings. The topological polar surface area (TPSA) is 42.2 Å². The maximum absolute atomic E-state index is 12.6. The predicted octanol–water partition coefficient (Wildman–Crippen LogP) is 4.28. The van der Waals surface area contributed by atoms with Gasteiger partial charge >= 0.3 is 6.18 Å². The second-order valence-corrected chi connectivity index (χ2v) is 4.77. The number of hydrogen-bond acceptors (Lipinski definition) is 2. The van der Waals surface area contributed by atoms with Crippen molar-refractivity contribution < 1.29 is 22.4 Å². The van der Waals surface area contributed by atoms with E-state index >= 15 is 0 Å². The van der Waals surface area contributed by atoms with Crippen LogP contribution in [0.1, 0.15) is 16.9 Å². The molecule has 0 unspecified atom stereocenters. The number of furan rings is 1. The molecular formula is C15H11ClF3NO2. The van der Waals surface area contributed by atoms with Crippen LogP contribution in [-0.4, -0.2) is 5.91 Å². The number of carbonyl (C=O) groups is 1. The highest BCUT2D eigenvalue weighted by Gasteiger charge is 2.30. The van der Waals surface area contributed by atoms with Crippen molar-refractivity contribution in [3.05, 3.63) is 64.6 Å². The molecule has 1 N–H and O–H groups in total. The normalized spacial score (nSPS) is 11.8. The fraction of sp³-hybridized carbons (Fsp3) is 0.133. The zero-order valence-electron chi connectivity index (χ0n) is 11.2. The van der Waals surface area contributed by atoms with E-state index in [1.165, 1.54) is 12.3 Å². The van der Waals surface area contributed by atoms with Crippen molar-refractivity contribution in [2.75, 3.05) is 0 Å². The van der Waals surface area contributed by atoms with Crippen LogP contribution in [-0.2, 0) is 17.5 Å². The summed E-state index contributed by atoms with van der Waals surface area (Å²) in [5.74, 6) is 0.101. The molecule has 2 rings (SSSR count). The van der Waals surface area contributed by atoms with Crippen molar-refractivity contribution >= 4 is 23.6 Å². The summed E-state index contributed by atoms with van der Waals surface area (Å²) in [6.45, 7) is 0.187. The van der Waals surface area contributed by atoms with Crippen molar-refractivity contribution in [2.45, 2.75) is 12.7 Å². The van der Waals surface area contributed by atoms with Gasteiger partial charge in [0.05, 0.1) is 18.4 Å². The van der Waals surface area contributed by atoms with Crippen LogP contribution in [0.5, 0.6) is 0 Å². The second-order valence-electron chi connectivity index (χ2n) is 4.36. The molecule has 0 bridgehead atoms. The first-order valence-electron chi connectivity index (χ1n) is 6.21. The van der Waals surface area contributed by atoms with Crippen LogP contribution >= 0.6 is 11.6 Å². The third-order valence-electron chi connectivity index (χ3n) is 2.75. The molecule has 1 amide bonds. The molecule has 0 radical (unpaired) electrons. The molecule has 0 atom stereocenters. The number of alkyl halides is 3. The number of rotatable bonds is 4. The Morgan fingerprint density at radius 2 is 2.09 bits per heavy atom. The highest BCUT2D eigenvalue weighted by Crippen LogP contribution is 2.32. The molecule has 7 heteroatoms. The SMILES string of the molecule is O=C(C=Cc1cc(C(F)(F)F)ccc1Cl)NCc1ccco1. The molecule has 22 heavy (non-hydrogen) atoms. The molecule has 1 aromatic heterocycles. The van der Waals surface area contributed by atoms with E-state index in [1.807, 2.05) is 0 Å². The summed E-state index contributed by atoms with van der Waals surface area (Å²) in [4.78, 5) is 11.6. The Hall–Kier alpha value is -2.21. The van der Waals surface area contributed by atoms with Gasteiger partial charge in [-0.05, 0) is 42.0 Å². The number of benzene rings is 1. The van der Waals surface area contributed by atoms with Gasteiger partial charge in [-0.2, -0.15) is 13.2 Å². The van der Waals surface area contributed by atoms with Gasteiger partial charge in [0.1, 0.15) is 5.76 Å². The van der Waals surface area contributed by atoms with Crippen LogP contribution in [0.15, 0.2) is 47.1 Å². The van der Waals surface area contributed by atoms with Crippen molar-refractivity contribution in [2.24, 2.45) is 0 Å². The van der Waals surface area contributed by atoms with Gasteiger partial charge in [0.15, 0.2) is 0 Å². The maximum atomic E-state index is 12.6. The van der Waals surface area contributed by atoms with Crippen LogP contribution in [0.4, 0.5) is 13.2 Å². The van der Waals surface area contributed by atoms with Gasteiger partial charge in [-0.1, -0.05) is 11.6 Å². The zero-order chi connectivity index (χ0) is 16.2. The Morgan fingerprint density at radius 3 is 2.73 bits per heavy atom. The van der Waals surface area contributed by atoms with Gasteiger partial charge in [0.2, 0.25) is 5.91 Å². The molecule has 0 saturated carbocycles. The van der Waals surface area contributed by atoms with Crippen molar-refractivity contribution in [1.29, 1.82) is 0 Å². The van der Waals surface area contributed by atoms with E-state index < -0.39 is 17.6 Å². The standard InChI is InChI=1S/C15H11ClF3NO2/c16-13-5-4-11(15(17,18)19)8-10(13)3-6-14(21)20-9-12-2-1-7-22-12/h1-8H,9H2,(H,20,21). The quantitative estimate of drug-likeness (QED) is 0.851. The summed E-state index contributed by atoms with van der Waals surface area (Å²) < 4.78 is 42.9. The van der Waals surface area contributed by atoms with Crippen molar-refractivity contribution in [3.8, 4) is 0 Å². The lowest BCUT2D eigenvalue weighted by atomic mass is 10.1. The van der Waals surface area contributed by atoms with Gasteiger partial charge in [0, 0.05) is 11.1 Å². The van der Waals surface area contributed by atoms with Crippen LogP contribution < -0.4 is 5.32 Å². The largest absolute Gasteiger partial charge is 0.467 e. The van der Waals surface area contributed by atoms with Gasteiger partial charge in [-0.25, -0.2) is 0 Å². The monoisotopic (exact) mass is 329 g/mol. The van der Waals surface area contributed by atoms with Crippen LogP contribution in [0.3, 0.4) is 0 Å². The zero-order valence-corrected chi connectivity index (χ0v) is 11.9. The fourth-order valence-electron chi connectivity index (χ4n) is 1.66. The Kier molecular flexibility index (Phi) is 4.92. The summed E-state index contributed by atoms with van der Waals surface area (Å²) >= 11 is 5.82. The highest BCUT2D eigenvalue weighted by molar-refractivity contribution is 6.32. The fourth-order valence-corrected chi connectivity index (χ4v) is 1.84. The molecule has 3 nitrogen and oxygen atoms in total. The van der Waals surface area contributed by atoms with Crippen molar-refractivity contribution in [3.63, 3.8) is 0 Å². The molecule has 1 aromatic carbocycles. The van der Waals surface area contributed by atoms with E-state index in [-0.39, 0.29) is 17.1 Å². The molecule has 0 saturated heterocycles. The predicted molar refractivity (Wildman–Crippen MR) is 76.0 cm³/mol. The number of halogens is 4. The van der Waals surface area contributed by atoms with Gasteiger partial charge in [0.25, 0.3) is 0 Å². The van der Waals surface area contributed by atoms with Crippen LogP contribution in [0, 0.1) is 0 Å². The molecule has 0 fully saturated rings. The first-order chi connectivity index (χ1) is 10.4. The summed E-state index contributed by atoms with van der Waals surface area (Å²) in [6, 6.07) is 6.29. The Morgan fingerprint density at radius 1 is 1.32 bits per heavy atom. The number of carbonyl (C=O) groups excluding carboxylic acids is 1. The first-order valence-corrected chi connectivity index (χ1v) is 6.59. The van der Waals surface area contributed by atoms with E-state index in [1.54, 1.807) is 12.1 Å². The number of hydrogen-bond donors (Lipinski definition) is 1. The smallest absolute Gasteiger partial charge is 0.416 e. The minimum absolute atomic E-state index is 0.115. The average Bonchev–Trinajstić information content (AvgIpc) is 2.96. The maximum Gasteiger partial charge on any atom is 0.416 e. The summed E-state index contributed by atoms with van der Waals surface area (Å²) in [5, 5.41) is 2.66. The van der Waals surface area contributed by atoms with Crippen LogP contribution in [0.25, 0.3) is 6.08 Å². The summed E-state index contributed by atoms with van der Waals surface area (Å²) in [7, 11) is 0. The minimum Gasteiger partial charge on any atom is -0.467 e. The molecule has 0 aliphatic rings. The number of amides is 1. The van der Waals surface area contributed by atoms with Gasteiger partial charge < -0.3 is 9.73 Å². The van der Waals surface area contributed by atoms with E-state index in [9.17, 15) is 18.0 Å². The molecule has 0 spiro atoms. The lowest BCUT2D eigenvalue weighted by molar-refractivity contribution is -0.137. The van der Waals surface area contributed by atoms with Crippen molar-refractivity contribution in [1.82, 2.24) is 5.32 Å². The summed E-state index contributed by atoms with van der Waals surface area (Å²) in [5.41, 5.74) is -0.711. The third kappa shape index (κ3) is 4.39. The van der Waals surface area contributed by atoms with Gasteiger partial charge in [-0.15, -0.1) is 0 Å². The van der Waals surface area contributed by atoms with E-state index in [0.29, 0.717) is 5.76 Å². The minimum atomic E-state index is -4.46. The number of nitrogens with one attached hydrogen (secondary N) is 1. The van der Waals surface area contributed by atoms with Gasteiger partial charge in [-0.3, -0.25) is 4.79 Å². The van der Waals surface area contributed by atoms with Crippen LogP contribution in [0.2, 0.25) is 5.02 Å². The molecule has 116 valence electrons. The Labute approximate surface area is 129 Å². The molecule has 1 heterocycles. The van der Waals surface area contributed by atoms with E-state index in [2.05, 4.69) is 5.32 Å². The molecular weight excluding hydrogens is 319 g/mol. The van der Waals surface area contributed by atoms with E-state index in [0.717, 1.165) is 24.3 Å². The lowest BCUT2D eigenvalue weighted by Gasteiger charge is -2.08.